The molecule has 3 aromatic heterocycles. The molecule has 4 heterocycles. The summed E-state index contributed by atoms with van der Waals surface area (Å²) in [4.78, 5) is 34.4. The van der Waals surface area contributed by atoms with Crippen molar-refractivity contribution in [3.63, 3.8) is 0 Å². The molecule has 0 aliphatic carbocycles. The molecule has 1 saturated heterocycles. The van der Waals surface area contributed by atoms with Crippen LogP contribution in [0.1, 0.15) is 50.1 Å². The van der Waals surface area contributed by atoms with E-state index in [0.29, 0.717) is 29.2 Å². The second-order valence-electron chi connectivity index (χ2n) is 9.67. The Morgan fingerprint density at radius 1 is 1.24 bits per heavy atom. The molecule has 0 unspecified atom stereocenters. The van der Waals surface area contributed by atoms with Gasteiger partial charge in [0.25, 0.3) is 11.5 Å². The molecular weight excluding hydrogens is 482 g/mol. The molecule has 9 nitrogen and oxygen atoms in total. The smallest absolute Gasteiger partial charge is 0.303 e. The van der Waals surface area contributed by atoms with E-state index >= 15 is 0 Å². The van der Waals surface area contributed by atoms with Gasteiger partial charge in [-0.2, -0.15) is 5.10 Å². The molecule has 198 valence electrons. The summed E-state index contributed by atoms with van der Waals surface area (Å²) in [5.41, 5.74) is 3.42. The number of carboxylic acid groups (broad SMARTS) is 1. The molecule has 4 rings (SSSR count). The van der Waals surface area contributed by atoms with E-state index < -0.39 is 30.8 Å². The number of aryl methyl sites for hydroxylation is 3. The number of halogens is 2. The van der Waals surface area contributed by atoms with Crippen LogP contribution in [0.2, 0.25) is 0 Å². The highest BCUT2D eigenvalue weighted by atomic mass is 19.3. The third-order valence-corrected chi connectivity index (χ3v) is 6.68. The molecule has 0 radical (unpaired) electrons. The predicted molar refractivity (Wildman–Crippen MR) is 135 cm³/mol. The number of aliphatic carboxylic acids is 1. The van der Waals surface area contributed by atoms with Crippen LogP contribution >= 0.6 is 0 Å². The molecular formula is C26H32F2N6O3. The van der Waals surface area contributed by atoms with E-state index in [4.69, 9.17) is 10.1 Å². The average Bonchev–Trinajstić information content (AvgIpc) is 3.19. The van der Waals surface area contributed by atoms with Crippen molar-refractivity contribution in [3.05, 3.63) is 58.0 Å². The molecule has 37 heavy (non-hydrogen) atoms. The topological polar surface area (TPSA) is 106 Å². The van der Waals surface area contributed by atoms with Crippen LogP contribution in [0.3, 0.4) is 0 Å². The summed E-state index contributed by atoms with van der Waals surface area (Å²) in [6.07, 6.45) is 6.58. The number of nitrogens with zero attached hydrogens (tertiary/aromatic N) is 6. The molecule has 1 atom stereocenters. The molecule has 0 saturated carbocycles. The van der Waals surface area contributed by atoms with Gasteiger partial charge in [-0.3, -0.25) is 14.3 Å². The number of aromatic nitrogens is 5. The maximum atomic E-state index is 14.5. The fourth-order valence-corrected chi connectivity index (χ4v) is 4.98. The van der Waals surface area contributed by atoms with Crippen molar-refractivity contribution in [1.29, 1.82) is 0 Å². The summed E-state index contributed by atoms with van der Waals surface area (Å²) in [5.74, 6) is -4.36. The SMILES string of the molecule is CCCc1ccc(=O)n(Cc2c(-c3ncc(N4C[C@@H](CC(=O)O)CC(F)(F)C4)c(CC)n3)cnn2C)c1. The zero-order valence-electron chi connectivity index (χ0n) is 21.3. The van der Waals surface area contributed by atoms with Crippen molar-refractivity contribution in [2.45, 2.75) is 58.4 Å². The minimum absolute atomic E-state index is 0.126. The fraction of sp³-hybridized carbons (Fsp3) is 0.500. The zero-order valence-corrected chi connectivity index (χ0v) is 21.3. The van der Waals surface area contributed by atoms with Gasteiger partial charge in [0.1, 0.15) is 0 Å². The van der Waals surface area contributed by atoms with Crippen LogP contribution < -0.4 is 10.5 Å². The van der Waals surface area contributed by atoms with Gasteiger partial charge < -0.3 is 14.6 Å². The number of carboxylic acids is 1. The van der Waals surface area contributed by atoms with E-state index in [0.717, 1.165) is 24.1 Å². The summed E-state index contributed by atoms with van der Waals surface area (Å²) in [7, 11) is 1.78. The van der Waals surface area contributed by atoms with E-state index in [1.54, 1.807) is 28.6 Å². The molecule has 0 bridgehead atoms. The molecule has 3 aromatic rings. The summed E-state index contributed by atoms with van der Waals surface area (Å²) >= 11 is 0. The first kappa shape index (κ1) is 26.4. The van der Waals surface area contributed by atoms with Gasteiger partial charge in [-0.25, -0.2) is 18.7 Å². The predicted octanol–water partition coefficient (Wildman–Crippen LogP) is 3.54. The number of hydrogen-bond acceptors (Lipinski definition) is 6. The summed E-state index contributed by atoms with van der Waals surface area (Å²) in [6, 6.07) is 3.40. The molecule has 1 fully saturated rings. The van der Waals surface area contributed by atoms with Crippen LogP contribution in [0.15, 0.2) is 35.5 Å². The number of carbonyl (C=O) groups is 1. The van der Waals surface area contributed by atoms with Crippen LogP contribution in [-0.2, 0) is 31.2 Å². The number of hydrogen-bond donors (Lipinski definition) is 1. The number of pyridine rings is 1. The Balaban J connectivity index is 1.66. The van der Waals surface area contributed by atoms with Gasteiger partial charge in [-0.1, -0.05) is 26.3 Å². The van der Waals surface area contributed by atoms with Gasteiger partial charge in [-0.15, -0.1) is 0 Å². The number of rotatable bonds is 9. The van der Waals surface area contributed by atoms with Crippen LogP contribution in [-0.4, -0.2) is 54.4 Å². The highest BCUT2D eigenvalue weighted by Crippen LogP contribution is 2.36. The van der Waals surface area contributed by atoms with E-state index in [9.17, 15) is 18.4 Å². The largest absolute Gasteiger partial charge is 0.481 e. The quantitative estimate of drug-likeness (QED) is 0.466. The highest BCUT2D eigenvalue weighted by molar-refractivity contribution is 5.67. The fourth-order valence-electron chi connectivity index (χ4n) is 4.98. The minimum Gasteiger partial charge on any atom is -0.481 e. The number of piperidine rings is 1. The van der Waals surface area contributed by atoms with Gasteiger partial charge in [-0.05, 0) is 24.3 Å². The van der Waals surface area contributed by atoms with Crippen molar-refractivity contribution in [2.24, 2.45) is 13.0 Å². The maximum absolute atomic E-state index is 14.5. The number of alkyl halides is 2. The monoisotopic (exact) mass is 514 g/mol. The van der Waals surface area contributed by atoms with Gasteiger partial charge in [0.15, 0.2) is 5.82 Å². The van der Waals surface area contributed by atoms with Gasteiger partial charge in [0.05, 0.1) is 54.5 Å². The Bertz CT molecular complexity index is 1340. The van der Waals surface area contributed by atoms with Crippen molar-refractivity contribution in [1.82, 2.24) is 24.3 Å². The van der Waals surface area contributed by atoms with Crippen LogP contribution in [0.25, 0.3) is 11.4 Å². The molecule has 0 spiro atoms. The van der Waals surface area contributed by atoms with E-state index in [2.05, 4.69) is 17.0 Å². The first-order chi connectivity index (χ1) is 17.6. The lowest BCUT2D eigenvalue weighted by molar-refractivity contribution is -0.139. The standard InChI is InChI=1S/C26H32F2N6O3/c1-4-6-17-7-8-23(35)33(13-17)15-22-19(11-30-32(22)3)25-29-12-21(20(5-2)31-25)34-14-18(9-24(36)37)10-26(27,28)16-34/h7-8,11-13,18H,4-6,9-10,14-16H2,1-3H3,(H,36,37)/t18-/m0/s1. The summed E-state index contributed by atoms with van der Waals surface area (Å²) < 4.78 is 32.3. The lowest BCUT2D eigenvalue weighted by atomic mass is 9.92. The second kappa shape index (κ2) is 10.8. The summed E-state index contributed by atoms with van der Waals surface area (Å²) in [6.45, 7) is 3.94. The molecule has 0 amide bonds. The third-order valence-electron chi connectivity index (χ3n) is 6.68. The van der Waals surface area contributed by atoms with Gasteiger partial charge >= 0.3 is 5.97 Å². The lowest BCUT2D eigenvalue weighted by Gasteiger charge is -2.38. The van der Waals surface area contributed by atoms with E-state index in [1.165, 1.54) is 11.1 Å². The molecule has 0 aromatic carbocycles. The van der Waals surface area contributed by atoms with Crippen molar-refractivity contribution in [2.75, 3.05) is 18.0 Å². The average molecular weight is 515 g/mol. The Morgan fingerprint density at radius 2 is 2.03 bits per heavy atom. The molecule has 1 aliphatic heterocycles. The lowest BCUT2D eigenvalue weighted by Crippen LogP contribution is -2.48. The number of anilines is 1. The Labute approximate surface area is 213 Å². The molecule has 1 aliphatic rings. The van der Waals surface area contributed by atoms with Crippen LogP contribution in [0.4, 0.5) is 14.5 Å². The molecule has 1 N–H and O–H groups in total. The zero-order chi connectivity index (χ0) is 26.7. The Morgan fingerprint density at radius 3 is 2.73 bits per heavy atom. The Kier molecular flexibility index (Phi) is 7.70. The first-order valence-electron chi connectivity index (χ1n) is 12.5. The second-order valence-corrected chi connectivity index (χ2v) is 9.67. The Hall–Kier alpha value is -3.63. The third kappa shape index (κ3) is 6.03. The normalized spacial score (nSPS) is 17.2. The first-order valence-corrected chi connectivity index (χ1v) is 12.5. The van der Waals surface area contributed by atoms with E-state index in [-0.39, 0.29) is 25.1 Å². The van der Waals surface area contributed by atoms with E-state index in [1.807, 2.05) is 19.2 Å². The maximum Gasteiger partial charge on any atom is 0.303 e. The highest BCUT2D eigenvalue weighted by Gasteiger charge is 2.41. The minimum atomic E-state index is -3.00. The summed E-state index contributed by atoms with van der Waals surface area (Å²) in [5, 5.41) is 13.5. The molecule has 11 heteroatoms. The van der Waals surface area contributed by atoms with Crippen molar-refractivity contribution < 1.29 is 18.7 Å². The van der Waals surface area contributed by atoms with Crippen molar-refractivity contribution >= 4 is 11.7 Å². The van der Waals surface area contributed by atoms with Gasteiger partial charge in [0.2, 0.25) is 0 Å². The van der Waals surface area contributed by atoms with Crippen LogP contribution in [0, 0.1) is 5.92 Å². The van der Waals surface area contributed by atoms with Gasteiger partial charge in [0, 0.05) is 32.3 Å². The van der Waals surface area contributed by atoms with Crippen molar-refractivity contribution in [3.8, 4) is 11.4 Å². The van der Waals surface area contributed by atoms with Crippen LogP contribution in [0.5, 0.6) is 0 Å².